The standard InChI is InChI=1S/C13H19NO3/c1-5-14(6-2)13(15)17-11-7-8-12(16-4)10(3)9-11/h7-9H,5-6H2,1-4H3. The third-order valence-corrected chi connectivity index (χ3v) is 2.59. The molecule has 0 fully saturated rings. The molecule has 0 heterocycles. The van der Waals surface area contributed by atoms with Crippen molar-refractivity contribution < 1.29 is 14.3 Å². The summed E-state index contributed by atoms with van der Waals surface area (Å²) in [6, 6.07) is 5.31. The first-order chi connectivity index (χ1) is 8.12. The summed E-state index contributed by atoms with van der Waals surface area (Å²) in [4.78, 5) is 13.3. The number of aryl methyl sites for hydroxylation is 1. The molecule has 0 saturated heterocycles. The lowest BCUT2D eigenvalue weighted by atomic mass is 10.2. The Kier molecular flexibility index (Phi) is 4.82. The highest BCUT2D eigenvalue weighted by molar-refractivity contribution is 5.70. The first-order valence-electron chi connectivity index (χ1n) is 5.73. The summed E-state index contributed by atoms with van der Waals surface area (Å²) in [7, 11) is 1.61. The Morgan fingerprint density at radius 1 is 1.29 bits per heavy atom. The molecule has 0 saturated carbocycles. The van der Waals surface area contributed by atoms with Crippen molar-refractivity contribution in [3.63, 3.8) is 0 Å². The van der Waals surface area contributed by atoms with E-state index >= 15 is 0 Å². The van der Waals surface area contributed by atoms with E-state index in [-0.39, 0.29) is 6.09 Å². The van der Waals surface area contributed by atoms with Crippen molar-refractivity contribution in [2.75, 3.05) is 20.2 Å². The Morgan fingerprint density at radius 2 is 1.94 bits per heavy atom. The van der Waals surface area contributed by atoms with Crippen LogP contribution in [0.15, 0.2) is 18.2 Å². The summed E-state index contributed by atoms with van der Waals surface area (Å²) in [5.41, 5.74) is 0.942. The smallest absolute Gasteiger partial charge is 0.415 e. The van der Waals surface area contributed by atoms with Crippen LogP contribution in [0.25, 0.3) is 0 Å². The lowest BCUT2D eigenvalue weighted by molar-refractivity contribution is 0.157. The van der Waals surface area contributed by atoms with Crippen LogP contribution in [-0.4, -0.2) is 31.2 Å². The molecule has 4 heteroatoms. The second kappa shape index (κ2) is 6.13. The van der Waals surface area contributed by atoms with Gasteiger partial charge in [-0.1, -0.05) is 0 Å². The van der Waals surface area contributed by atoms with E-state index in [1.54, 1.807) is 30.2 Å². The number of benzene rings is 1. The van der Waals surface area contributed by atoms with Crippen LogP contribution in [0.1, 0.15) is 19.4 Å². The molecule has 1 amide bonds. The van der Waals surface area contributed by atoms with Crippen LogP contribution in [0.2, 0.25) is 0 Å². The number of rotatable bonds is 4. The molecule has 0 atom stereocenters. The molecule has 0 aliphatic rings. The lowest BCUT2D eigenvalue weighted by Gasteiger charge is -2.18. The van der Waals surface area contributed by atoms with Crippen molar-refractivity contribution in [2.24, 2.45) is 0 Å². The van der Waals surface area contributed by atoms with Crippen molar-refractivity contribution in [3.05, 3.63) is 23.8 Å². The highest BCUT2D eigenvalue weighted by Crippen LogP contribution is 2.23. The zero-order valence-electron chi connectivity index (χ0n) is 10.8. The van der Waals surface area contributed by atoms with Gasteiger partial charge in [0.2, 0.25) is 0 Å². The second-order valence-electron chi connectivity index (χ2n) is 3.67. The lowest BCUT2D eigenvalue weighted by Crippen LogP contribution is -2.33. The van der Waals surface area contributed by atoms with Gasteiger partial charge in [-0.25, -0.2) is 4.79 Å². The van der Waals surface area contributed by atoms with Crippen molar-refractivity contribution >= 4 is 6.09 Å². The minimum atomic E-state index is -0.320. The van der Waals surface area contributed by atoms with Gasteiger partial charge >= 0.3 is 6.09 Å². The Balaban J connectivity index is 2.75. The Labute approximate surface area is 102 Å². The fraction of sp³-hybridized carbons (Fsp3) is 0.462. The van der Waals surface area contributed by atoms with E-state index < -0.39 is 0 Å². The predicted octanol–water partition coefficient (Wildman–Crippen LogP) is 2.84. The molecule has 0 aliphatic heterocycles. The number of amides is 1. The normalized spacial score (nSPS) is 9.88. The summed E-state index contributed by atoms with van der Waals surface area (Å²) in [5, 5.41) is 0. The van der Waals surface area contributed by atoms with Gasteiger partial charge in [0, 0.05) is 13.1 Å². The monoisotopic (exact) mass is 237 g/mol. The summed E-state index contributed by atoms with van der Waals surface area (Å²) in [5.74, 6) is 1.33. The van der Waals surface area contributed by atoms with Crippen molar-refractivity contribution in [1.29, 1.82) is 0 Å². The molecular weight excluding hydrogens is 218 g/mol. The molecule has 0 aromatic heterocycles. The molecule has 94 valence electrons. The number of nitrogens with zero attached hydrogens (tertiary/aromatic N) is 1. The van der Waals surface area contributed by atoms with Crippen molar-refractivity contribution in [2.45, 2.75) is 20.8 Å². The van der Waals surface area contributed by atoms with E-state index in [4.69, 9.17) is 9.47 Å². The number of hydrogen-bond acceptors (Lipinski definition) is 3. The zero-order chi connectivity index (χ0) is 12.8. The topological polar surface area (TPSA) is 38.8 Å². The Bertz CT molecular complexity index is 386. The highest BCUT2D eigenvalue weighted by atomic mass is 16.6. The number of hydrogen-bond donors (Lipinski definition) is 0. The highest BCUT2D eigenvalue weighted by Gasteiger charge is 2.12. The van der Waals surface area contributed by atoms with E-state index in [0.717, 1.165) is 11.3 Å². The number of ether oxygens (including phenoxy) is 2. The van der Waals surface area contributed by atoms with Gasteiger partial charge in [0.1, 0.15) is 11.5 Å². The molecule has 0 radical (unpaired) electrons. The maximum Gasteiger partial charge on any atom is 0.415 e. The molecule has 1 aromatic carbocycles. The van der Waals surface area contributed by atoms with Gasteiger partial charge < -0.3 is 14.4 Å². The predicted molar refractivity (Wildman–Crippen MR) is 66.7 cm³/mol. The van der Waals surface area contributed by atoms with E-state index in [0.29, 0.717) is 18.8 Å². The van der Waals surface area contributed by atoms with Crippen LogP contribution in [0.5, 0.6) is 11.5 Å². The first-order valence-corrected chi connectivity index (χ1v) is 5.73. The van der Waals surface area contributed by atoms with E-state index in [2.05, 4.69) is 0 Å². The van der Waals surface area contributed by atoms with Gasteiger partial charge in [-0.2, -0.15) is 0 Å². The van der Waals surface area contributed by atoms with E-state index in [1.165, 1.54) is 0 Å². The molecule has 1 rings (SSSR count). The Hall–Kier alpha value is -1.71. The van der Waals surface area contributed by atoms with E-state index in [9.17, 15) is 4.79 Å². The van der Waals surface area contributed by atoms with Crippen molar-refractivity contribution in [3.8, 4) is 11.5 Å². The van der Waals surface area contributed by atoms with Gasteiger partial charge in [-0.05, 0) is 44.5 Å². The van der Waals surface area contributed by atoms with Crippen LogP contribution >= 0.6 is 0 Å². The summed E-state index contributed by atoms with van der Waals surface area (Å²) in [6.07, 6.45) is -0.320. The van der Waals surface area contributed by atoms with Gasteiger partial charge in [0.15, 0.2) is 0 Å². The average molecular weight is 237 g/mol. The molecular formula is C13H19NO3. The third kappa shape index (κ3) is 3.37. The summed E-state index contributed by atoms with van der Waals surface area (Å²) in [6.45, 7) is 7.04. The van der Waals surface area contributed by atoms with Gasteiger partial charge in [-0.3, -0.25) is 0 Å². The molecule has 0 aliphatic carbocycles. The Morgan fingerprint density at radius 3 is 2.41 bits per heavy atom. The molecule has 0 N–H and O–H groups in total. The first kappa shape index (κ1) is 13.4. The number of carbonyl (C=O) groups excluding carboxylic acids is 1. The third-order valence-electron chi connectivity index (χ3n) is 2.59. The quantitative estimate of drug-likeness (QED) is 0.808. The fourth-order valence-electron chi connectivity index (χ4n) is 1.56. The van der Waals surface area contributed by atoms with Crippen LogP contribution in [-0.2, 0) is 0 Å². The second-order valence-corrected chi connectivity index (χ2v) is 3.67. The number of carbonyl (C=O) groups is 1. The fourth-order valence-corrected chi connectivity index (χ4v) is 1.56. The minimum Gasteiger partial charge on any atom is -0.496 e. The van der Waals surface area contributed by atoms with E-state index in [1.807, 2.05) is 20.8 Å². The maximum atomic E-state index is 11.7. The SMILES string of the molecule is CCN(CC)C(=O)Oc1ccc(OC)c(C)c1. The molecule has 0 spiro atoms. The summed E-state index contributed by atoms with van der Waals surface area (Å²) >= 11 is 0. The van der Waals surface area contributed by atoms with Crippen LogP contribution < -0.4 is 9.47 Å². The molecule has 17 heavy (non-hydrogen) atoms. The zero-order valence-corrected chi connectivity index (χ0v) is 10.8. The van der Waals surface area contributed by atoms with Gasteiger partial charge in [-0.15, -0.1) is 0 Å². The molecule has 0 bridgehead atoms. The largest absolute Gasteiger partial charge is 0.496 e. The molecule has 0 unspecified atom stereocenters. The molecule has 4 nitrogen and oxygen atoms in total. The van der Waals surface area contributed by atoms with Gasteiger partial charge in [0.05, 0.1) is 7.11 Å². The number of methoxy groups -OCH3 is 1. The van der Waals surface area contributed by atoms with Crippen LogP contribution in [0, 0.1) is 6.92 Å². The average Bonchev–Trinajstić information content (AvgIpc) is 2.31. The van der Waals surface area contributed by atoms with Crippen LogP contribution in [0.4, 0.5) is 4.79 Å². The minimum absolute atomic E-state index is 0.320. The van der Waals surface area contributed by atoms with Gasteiger partial charge in [0.25, 0.3) is 0 Å². The molecule has 1 aromatic rings. The summed E-state index contributed by atoms with van der Waals surface area (Å²) < 4.78 is 10.4. The maximum absolute atomic E-state index is 11.7. The van der Waals surface area contributed by atoms with Crippen LogP contribution in [0.3, 0.4) is 0 Å². The van der Waals surface area contributed by atoms with Crippen molar-refractivity contribution in [1.82, 2.24) is 4.90 Å².